The van der Waals surface area contributed by atoms with Crippen LogP contribution in [0.3, 0.4) is 0 Å². The van der Waals surface area contributed by atoms with E-state index in [4.69, 9.17) is 0 Å². The first-order chi connectivity index (χ1) is 9.79. The van der Waals surface area contributed by atoms with Crippen molar-refractivity contribution in [3.8, 4) is 0 Å². The lowest BCUT2D eigenvalue weighted by Gasteiger charge is -2.47. The number of carbonyl (C=O) groups excluding carboxylic acids is 1. The summed E-state index contributed by atoms with van der Waals surface area (Å²) >= 11 is 0. The summed E-state index contributed by atoms with van der Waals surface area (Å²) in [6.07, 6.45) is 0.328. The molecule has 1 fully saturated rings. The molecule has 1 aromatic carbocycles. The summed E-state index contributed by atoms with van der Waals surface area (Å²) in [6, 6.07) is 6.51. The second kappa shape index (κ2) is 6.14. The average molecular weight is 292 g/mol. The number of nitrogens with one attached hydrogen (secondary N) is 1. The number of rotatable bonds is 3. The molecule has 0 aromatic heterocycles. The highest BCUT2D eigenvalue weighted by Crippen LogP contribution is 2.22. The van der Waals surface area contributed by atoms with E-state index >= 15 is 0 Å². The normalized spacial score (nSPS) is 21.6. The van der Waals surface area contributed by atoms with Crippen LogP contribution in [0.15, 0.2) is 24.3 Å². The van der Waals surface area contributed by atoms with Crippen molar-refractivity contribution in [1.82, 2.24) is 10.2 Å². The van der Waals surface area contributed by atoms with Gasteiger partial charge in [-0.15, -0.1) is 0 Å². The molecule has 1 N–H and O–H groups in total. The van der Waals surface area contributed by atoms with Crippen molar-refractivity contribution >= 4 is 5.91 Å². The first-order valence-electron chi connectivity index (χ1n) is 7.58. The van der Waals surface area contributed by atoms with Crippen LogP contribution in [0.2, 0.25) is 0 Å². The number of amides is 1. The zero-order chi connectivity index (χ0) is 15.6. The topological polar surface area (TPSA) is 32.3 Å². The third-order valence-electron chi connectivity index (χ3n) is 4.28. The van der Waals surface area contributed by atoms with Crippen LogP contribution >= 0.6 is 0 Å². The number of nitrogens with zero attached hydrogens (tertiary/aromatic N) is 1. The molecule has 1 unspecified atom stereocenters. The van der Waals surface area contributed by atoms with Gasteiger partial charge >= 0.3 is 0 Å². The quantitative estimate of drug-likeness (QED) is 0.929. The molecule has 1 heterocycles. The molecule has 0 saturated carbocycles. The van der Waals surface area contributed by atoms with Crippen LogP contribution in [-0.4, -0.2) is 35.5 Å². The van der Waals surface area contributed by atoms with Gasteiger partial charge in [-0.3, -0.25) is 4.79 Å². The highest BCUT2D eigenvalue weighted by atomic mass is 19.1. The number of carbonyl (C=O) groups is 1. The predicted octanol–water partition coefficient (Wildman–Crippen LogP) is 2.60. The molecule has 1 atom stereocenters. The number of hydrogen-bond donors (Lipinski definition) is 1. The van der Waals surface area contributed by atoms with Gasteiger partial charge in [0.05, 0.1) is 6.42 Å². The van der Waals surface area contributed by atoms with E-state index in [1.54, 1.807) is 12.1 Å². The van der Waals surface area contributed by atoms with Crippen molar-refractivity contribution in [2.45, 2.75) is 45.7 Å². The van der Waals surface area contributed by atoms with E-state index in [1.807, 2.05) is 4.90 Å². The van der Waals surface area contributed by atoms with E-state index in [-0.39, 0.29) is 17.3 Å². The minimum atomic E-state index is -0.270. The molecule has 4 heteroatoms. The molecule has 116 valence electrons. The van der Waals surface area contributed by atoms with Gasteiger partial charge in [-0.1, -0.05) is 26.0 Å². The third-order valence-corrected chi connectivity index (χ3v) is 4.28. The zero-order valence-electron chi connectivity index (χ0n) is 13.3. The summed E-state index contributed by atoms with van der Waals surface area (Å²) in [5, 5.41) is 3.52. The lowest BCUT2D eigenvalue weighted by molar-refractivity contribution is -0.138. The second-order valence-electron chi connectivity index (χ2n) is 6.85. The second-order valence-corrected chi connectivity index (χ2v) is 6.85. The third kappa shape index (κ3) is 3.82. The molecule has 1 saturated heterocycles. The molecule has 2 rings (SSSR count). The van der Waals surface area contributed by atoms with Gasteiger partial charge in [-0.05, 0) is 37.5 Å². The minimum absolute atomic E-state index is 0.110. The predicted molar refractivity (Wildman–Crippen MR) is 82.5 cm³/mol. The summed E-state index contributed by atoms with van der Waals surface area (Å²) < 4.78 is 12.9. The van der Waals surface area contributed by atoms with Gasteiger partial charge in [0, 0.05) is 24.7 Å². The summed E-state index contributed by atoms with van der Waals surface area (Å²) in [6.45, 7) is 10.0. The Balaban J connectivity index is 2.09. The van der Waals surface area contributed by atoms with Crippen molar-refractivity contribution in [3.63, 3.8) is 0 Å². The highest BCUT2D eigenvalue weighted by molar-refractivity contribution is 5.79. The lowest BCUT2D eigenvalue weighted by atomic mass is 9.92. The molecule has 3 nitrogen and oxygen atoms in total. The van der Waals surface area contributed by atoms with Crippen molar-refractivity contribution in [3.05, 3.63) is 35.6 Å². The molecule has 0 spiro atoms. The summed E-state index contributed by atoms with van der Waals surface area (Å²) in [7, 11) is 0. The van der Waals surface area contributed by atoms with E-state index in [0.717, 1.165) is 18.7 Å². The molecule has 0 bridgehead atoms. The van der Waals surface area contributed by atoms with E-state index in [9.17, 15) is 9.18 Å². The van der Waals surface area contributed by atoms with E-state index < -0.39 is 0 Å². The molecule has 1 amide bonds. The van der Waals surface area contributed by atoms with Gasteiger partial charge in [-0.2, -0.15) is 0 Å². The minimum Gasteiger partial charge on any atom is -0.334 e. The van der Waals surface area contributed by atoms with Crippen molar-refractivity contribution in [2.24, 2.45) is 5.92 Å². The Kier molecular flexibility index (Phi) is 4.67. The molecule has 21 heavy (non-hydrogen) atoms. The van der Waals surface area contributed by atoms with Crippen LogP contribution in [0.1, 0.15) is 33.3 Å². The number of piperazine rings is 1. The molecular formula is C17H25FN2O. The maximum Gasteiger partial charge on any atom is 0.227 e. The number of hydrogen-bond acceptors (Lipinski definition) is 2. The number of benzene rings is 1. The summed E-state index contributed by atoms with van der Waals surface area (Å²) in [5.41, 5.74) is 0.666. The van der Waals surface area contributed by atoms with Gasteiger partial charge in [0.25, 0.3) is 0 Å². The van der Waals surface area contributed by atoms with Crippen LogP contribution < -0.4 is 5.32 Å². The lowest BCUT2D eigenvalue weighted by Crippen LogP contribution is -2.64. The van der Waals surface area contributed by atoms with Gasteiger partial charge in [0.2, 0.25) is 5.91 Å². The average Bonchev–Trinajstić information content (AvgIpc) is 2.40. The van der Waals surface area contributed by atoms with Gasteiger partial charge in [0.15, 0.2) is 0 Å². The number of halogens is 1. The Hall–Kier alpha value is -1.42. The van der Waals surface area contributed by atoms with Crippen molar-refractivity contribution < 1.29 is 9.18 Å². The van der Waals surface area contributed by atoms with Crippen LogP contribution in [0, 0.1) is 11.7 Å². The van der Waals surface area contributed by atoms with Crippen LogP contribution in [0.4, 0.5) is 4.39 Å². The Morgan fingerprint density at radius 3 is 2.57 bits per heavy atom. The van der Waals surface area contributed by atoms with Crippen LogP contribution in [0.5, 0.6) is 0 Å². The highest BCUT2D eigenvalue weighted by Gasteiger charge is 2.37. The fraction of sp³-hybridized carbons (Fsp3) is 0.588. The smallest absolute Gasteiger partial charge is 0.227 e. The fourth-order valence-corrected chi connectivity index (χ4v) is 2.74. The van der Waals surface area contributed by atoms with Crippen LogP contribution in [0.25, 0.3) is 0 Å². The SMILES string of the molecule is CC(C)C1CN(C(=O)Cc2ccc(F)cc2)C(C)(C)CN1. The van der Waals surface area contributed by atoms with Crippen molar-refractivity contribution in [1.29, 1.82) is 0 Å². The first kappa shape index (κ1) is 16.0. The van der Waals surface area contributed by atoms with E-state index in [1.165, 1.54) is 12.1 Å². The first-order valence-corrected chi connectivity index (χ1v) is 7.58. The largest absolute Gasteiger partial charge is 0.334 e. The molecule has 1 aliphatic rings. The van der Waals surface area contributed by atoms with Crippen LogP contribution in [-0.2, 0) is 11.2 Å². The Bertz CT molecular complexity index is 496. The molecule has 0 aliphatic carbocycles. The van der Waals surface area contributed by atoms with Crippen molar-refractivity contribution in [2.75, 3.05) is 13.1 Å². The standard InChI is InChI=1S/C17H25FN2O/c1-12(2)15-10-20(17(3,4)11-19-15)16(21)9-13-5-7-14(18)8-6-13/h5-8,12,15,19H,9-11H2,1-4H3. The summed E-state index contributed by atoms with van der Waals surface area (Å²) in [5.74, 6) is 0.328. The monoisotopic (exact) mass is 292 g/mol. The maximum absolute atomic E-state index is 12.9. The van der Waals surface area contributed by atoms with Gasteiger partial charge < -0.3 is 10.2 Å². The Morgan fingerprint density at radius 1 is 1.38 bits per heavy atom. The van der Waals surface area contributed by atoms with E-state index in [2.05, 4.69) is 33.0 Å². The Labute approximate surface area is 126 Å². The summed E-state index contributed by atoms with van der Waals surface area (Å²) in [4.78, 5) is 14.6. The van der Waals surface area contributed by atoms with Gasteiger partial charge in [0.1, 0.15) is 5.82 Å². The Morgan fingerprint density at radius 2 is 2.00 bits per heavy atom. The molecule has 1 aliphatic heterocycles. The maximum atomic E-state index is 12.9. The zero-order valence-corrected chi connectivity index (χ0v) is 13.3. The molecule has 1 aromatic rings. The fourth-order valence-electron chi connectivity index (χ4n) is 2.74. The van der Waals surface area contributed by atoms with E-state index in [0.29, 0.717) is 18.4 Å². The molecular weight excluding hydrogens is 267 g/mol. The molecule has 0 radical (unpaired) electrons. The van der Waals surface area contributed by atoms with Gasteiger partial charge in [-0.25, -0.2) is 4.39 Å².